The highest BCUT2D eigenvalue weighted by molar-refractivity contribution is 6.31. The molecule has 16 heavy (non-hydrogen) atoms. The smallest absolute Gasteiger partial charge is 0.117 e. The van der Waals surface area contributed by atoms with Crippen LogP contribution in [-0.2, 0) is 6.61 Å². The number of phenolic OH excluding ortho intramolecular Hbond substituents is 1. The summed E-state index contributed by atoms with van der Waals surface area (Å²) in [5.41, 5.74) is 2.67. The molecule has 2 rings (SSSR count). The van der Waals surface area contributed by atoms with Crippen molar-refractivity contribution in [1.29, 1.82) is 0 Å². The van der Waals surface area contributed by atoms with E-state index in [1.165, 1.54) is 6.07 Å². The van der Waals surface area contributed by atoms with Gasteiger partial charge in [-0.2, -0.15) is 0 Å². The average Bonchev–Trinajstić information content (AvgIpc) is 2.28. The van der Waals surface area contributed by atoms with E-state index in [4.69, 9.17) is 16.7 Å². The topological polar surface area (TPSA) is 40.5 Å². The van der Waals surface area contributed by atoms with Crippen molar-refractivity contribution in [2.45, 2.75) is 6.61 Å². The van der Waals surface area contributed by atoms with Crippen LogP contribution in [0.5, 0.6) is 5.75 Å². The lowest BCUT2D eigenvalue weighted by molar-refractivity contribution is 0.282. The van der Waals surface area contributed by atoms with Crippen molar-refractivity contribution < 1.29 is 10.2 Å². The monoisotopic (exact) mass is 234 g/mol. The Morgan fingerprint density at radius 3 is 2.19 bits per heavy atom. The third-order valence-electron chi connectivity index (χ3n) is 2.35. The Hall–Kier alpha value is -1.51. The van der Waals surface area contributed by atoms with Gasteiger partial charge in [-0.15, -0.1) is 0 Å². The molecule has 0 aromatic heterocycles. The van der Waals surface area contributed by atoms with Crippen LogP contribution < -0.4 is 0 Å². The van der Waals surface area contributed by atoms with Crippen LogP contribution in [0.4, 0.5) is 0 Å². The van der Waals surface area contributed by atoms with Crippen molar-refractivity contribution in [2.75, 3.05) is 0 Å². The van der Waals surface area contributed by atoms with Crippen LogP contribution in [0.3, 0.4) is 0 Å². The molecule has 3 heteroatoms. The fourth-order valence-corrected chi connectivity index (χ4v) is 1.77. The number of hydrogen-bond acceptors (Lipinski definition) is 2. The van der Waals surface area contributed by atoms with E-state index in [2.05, 4.69) is 0 Å². The number of hydrogen-bond donors (Lipinski definition) is 2. The molecular formula is C13H11ClO2. The minimum absolute atomic E-state index is 0.0288. The molecule has 82 valence electrons. The zero-order valence-corrected chi connectivity index (χ0v) is 9.28. The lowest BCUT2D eigenvalue weighted by atomic mass is 10.0. The number of halogens is 1. The number of phenols is 1. The maximum atomic E-state index is 9.43. The normalized spacial score (nSPS) is 10.4. The van der Waals surface area contributed by atoms with E-state index < -0.39 is 0 Å². The highest BCUT2D eigenvalue weighted by Crippen LogP contribution is 2.27. The zero-order valence-electron chi connectivity index (χ0n) is 8.52. The van der Waals surface area contributed by atoms with E-state index in [0.29, 0.717) is 5.02 Å². The summed E-state index contributed by atoms with van der Waals surface area (Å²) in [4.78, 5) is 0. The Labute approximate surface area is 98.7 Å². The Balaban J connectivity index is 2.42. The second kappa shape index (κ2) is 4.56. The summed E-state index contributed by atoms with van der Waals surface area (Å²) in [5.74, 6) is 0.147. The van der Waals surface area contributed by atoms with Crippen molar-refractivity contribution in [3.63, 3.8) is 0 Å². The van der Waals surface area contributed by atoms with Crippen LogP contribution in [0.25, 0.3) is 11.1 Å². The predicted octanol–water partition coefficient (Wildman–Crippen LogP) is 3.20. The van der Waals surface area contributed by atoms with E-state index in [-0.39, 0.29) is 12.4 Å². The number of aliphatic hydroxyl groups is 1. The summed E-state index contributed by atoms with van der Waals surface area (Å²) in [6.45, 7) is 0.0288. The molecule has 0 spiro atoms. The van der Waals surface area contributed by atoms with E-state index in [0.717, 1.165) is 16.7 Å². The van der Waals surface area contributed by atoms with Gasteiger partial charge in [-0.3, -0.25) is 0 Å². The summed E-state index contributed by atoms with van der Waals surface area (Å²) in [6.07, 6.45) is 0. The van der Waals surface area contributed by atoms with Gasteiger partial charge in [0.25, 0.3) is 0 Å². The molecule has 0 saturated heterocycles. The Bertz CT molecular complexity index is 472. The second-order valence-corrected chi connectivity index (χ2v) is 3.99. The van der Waals surface area contributed by atoms with E-state index in [9.17, 15) is 5.11 Å². The molecule has 0 amide bonds. The molecule has 0 saturated carbocycles. The Morgan fingerprint density at radius 1 is 0.938 bits per heavy atom. The number of aliphatic hydroxyl groups excluding tert-OH is 1. The number of benzene rings is 2. The lowest BCUT2D eigenvalue weighted by Crippen LogP contribution is -1.83. The molecule has 0 aliphatic carbocycles. The van der Waals surface area contributed by atoms with Crippen molar-refractivity contribution in [3.8, 4) is 16.9 Å². The maximum Gasteiger partial charge on any atom is 0.117 e. The van der Waals surface area contributed by atoms with Gasteiger partial charge in [0, 0.05) is 5.02 Å². The van der Waals surface area contributed by atoms with Gasteiger partial charge in [-0.25, -0.2) is 0 Å². The largest absolute Gasteiger partial charge is 0.508 e. The van der Waals surface area contributed by atoms with Gasteiger partial charge in [0.2, 0.25) is 0 Å². The minimum Gasteiger partial charge on any atom is -0.508 e. The third kappa shape index (κ3) is 2.35. The van der Waals surface area contributed by atoms with Gasteiger partial charge in [0.05, 0.1) is 6.61 Å². The van der Waals surface area contributed by atoms with E-state index in [1.54, 1.807) is 12.1 Å². The molecule has 2 nitrogen and oxygen atoms in total. The molecule has 0 heterocycles. The van der Waals surface area contributed by atoms with Crippen LogP contribution in [0.1, 0.15) is 5.56 Å². The van der Waals surface area contributed by atoms with Crippen LogP contribution in [0.2, 0.25) is 5.02 Å². The van der Waals surface area contributed by atoms with Crippen LogP contribution in [0, 0.1) is 0 Å². The summed E-state index contributed by atoms with van der Waals surface area (Å²) in [7, 11) is 0. The first-order valence-electron chi connectivity index (χ1n) is 4.89. The third-order valence-corrected chi connectivity index (χ3v) is 2.57. The van der Waals surface area contributed by atoms with Gasteiger partial charge in [-0.05, 0) is 34.9 Å². The highest BCUT2D eigenvalue weighted by atomic mass is 35.5. The van der Waals surface area contributed by atoms with Crippen molar-refractivity contribution in [1.82, 2.24) is 0 Å². The molecule has 0 bridgehead atoms. The molecule has 0 unspecified atom stereocenters. The first-order valence-corrected chi connectivity index (χ1v) is 5.26. The first-order chi connectivity index (χ1) is 7.69. The van der Waals surface area contributed by atoms with Gasteiger partial charge in [0.15, 0.2) is 0 Å². The Kier molecular flexibility index (Phi) is 3.13. The zero-order chi connectivity index (χ0) is 11.5. The van der Waals surface area contributed by atoms with Crippen LogP contribution in [0.15, 0.2) is 42.5 Å². The number of rotatable bonds is 2. The molecular weight excluding hydrogens is 224 g/mol. The lowest BCUT2D eigenvalue weighted by Gasteiger charge is -2.04. The molecule has 0 aliphatic heterocycles. The van der Waals surface area contributed by atoms with Gasteiger partial charge in [-0.1, -0.05) is 35.9 Å². The summed E-state index contributed by atoms with van der Waals surface area (Å²) < 4.78 is 0. The van der Waals surface area contributed by atoms with Crippen molar-refractivity contribution in [3.05, 3.63) is 53.1 Å². The van der Waals surface area contributed by atoms with Gasteiger partial charge < -0.3 is 10.2 Å². The first kappa shape index (κ1) is 11.0. The van der Waals surface area contributed by atoms with Gasteiger partial charge in [0.1, 0.15) is 5.75 Å². The summed E-state index contributed by atoms with van der Waals surface area (Å²) in [5, 5.41) is 18.9. The SMILES string of the molecule is OCc1ccc(-c2cc(O)cc(Cl)c2)cc1. The van der Waals surface area contributed by atoms with Gasteiger partial charge >= 0.3 is 0 Å². The standard InChI is InChI=1S/C13H11ClO2/c14-12-5-11(6-13(16)7-12)10-3-1-9(8-15)2-4-10/h1-7,15-16H,8H2. The molecule has 0 radical (unpaired) electrons. The van der Waals surface area contributed by atoms with E-state index >= 15 is 0 Å². The summed E-state index contributed by atoms with van der Waals surface area (Å²) in [6, 6.07) is 12.4. The molecule has 0 atom stereocenters. The second-order valence-electron chi connectivity index (χ2n) is 3.55. The summed E-state index contributed by atoms with van der Waals surface area (Å²) >= 11 is 5.86. The molecule has 2 aromatic rings. The maximum absolute atomic E-state index is 9.43. The van der Waals surface area contributed by atoms with E-state index in [1.807, 2.05) is 24.3 Å². The quantitative estimate of drug-likeness (QED) is 0.838. The minimum atomic E-state index is 0.0288. The molecule has 2 aromatic carbocycles. The van der Waals surface area contributed by atoms with Crippen LogP contribution >= 0.6 is 11.6 Å². The predicted molar refractivity (Wildman–Crippen MR) is 64.5 cm³/mol. The average molecular weight is 235 g/mol. The highest BCUT2D eigenvalue weighted by Gasteiger charge is 2.01. The Morgan fingerprint density at radius 2 is 1.62 bits per heavy atom. The fraction of sp³-hybridized carbons (Fsp3) is 0.0769. The molecule has 2 N–H and O–H groups in total. The van der Waals surface area contributed by atoms with Crippen molar-refractivity contribution in [2.24, 2.45) is 0 Å². The van der Waals surface area contributed by atoms with Crippen molar-refractivity contribution >= 4 is 11.6 Å². The number of aromatic hydroxyl groups is 1. The fourth-order valence-electron chi connectivity index (χ4n) is 1.54. The molecule has 0 fully saturated rings. The van der Waals surface area contributed by atoms with Crippen LogP contribution in [-0.4, -0.2) is 10.2 Å². The molecule has 0 aliphatic rings.